The maximum absolute atomic E-state index is 13.3. The minimum Gasteiger partial charge on any atom is -0.378 e. The van der Waals surface area contributed by atoms with E-state index < -0.39 is 0 Å². The third-order valence-corrected chi connectivity index (χ3v) is 7.57. The first-order valence-electron chi connectivity index (χ1n) is 12.3. The van der Waals surface area contributed by atoms with Gasteiger partial charge >= 0.3 is 0 Å². The van der Waals surface area contributed by atoms with Crippen LogP contribution in [0.4, 0.5) is 5.69 Å². The van der Waals surface area contributed by atoms with Crippen LogP contribution < -0.4 is 4.90 Å². The molecule has 0 unspecified atom stereocenters. The van der Waals surface area contributed by atoms with Crippen molar-refractivity contribution in [3.8, 4) is 0 Å². The van der Waals surface area contributed by atoms with E-state index in [0.29, 0.717) is 19.4 Å². The summed E-state index contributed by atoms with van der Waals surface area (Å²) in [6, 6.07) is 18.8. The summed E-state index contributed by atoms with van der Waals surface area (Å²) < 4.78 is 0. The first kappa shape index (κ1) is 23.3. The molecule has 2 aromatic rings. The number of aryl methyl sites for hydroxylation is 1. The summed E-state index contributed by atoms with van der Waals surface area (Å²) in [7, 11) is 4.06. The van der Waals surface area contributed by atoms with Gasteiger partial charge in [0.05, 0.1) is 11.6 Å². The molecule has 2 saturated heterocycles. The second-order valence-electron chi connectivity index (χ2n) is 9.98. The first-order valence-corrected chi connectivity index (χ1v) is 12.3. The fourth-order valence-electron chi connectivity index (χ4n) is 5.51. The molecule has 0 saturated carbocycles. The average molecular weight is 448 g/mol. The number of nitrogens with zero attached hydrogens (tertiary/aromatic N) is 3. The summed E-state index contributed by atoms with van der Waals surface area (Å²) in [5, 5.41) is 0. The number of benzene rings is 2. The van der Waals surface area contributed by atoms with E-state index in [4.69, 9.17) is 0 Å². The number of anilines is 1. The van der Waals surface area contributed by atoms with Crippen LogP contribution in [-0.2, 0) is 22.6 Å². The van der Waals surface area contributed by atoms with Gasteiger partial charge in [0.1, 0.15) is 0 Å². The number of likely N-dealkylation sites (tertiary alicyclic amines) is 2. The normalized spacial score (nSPS) is 23.1. The molecule has 2 aliphatic rings. The van der Waals surface area contributed by atoms with Gasteiger partial charge in [0.15, 0.2) is 0 Å². The van der Waals surface area contributed by atoms with E-state index in [2.05, 4.69) is 58.0 Å². The number of fused-ring (bicyclic) bond motifs is 1. The van der Waals surface area contributed by atoms with Crippen LogP contribution in [0.1, 0.15) is 56.6 Å². The van der Waals surface area contributed by atoms with Crippen molar-refractivity contribution < 1.29 is 9.59 Å². The fourth-order valence-corrected chi connectivity index (χ4v) is 5.51. The van der Waals surface area contributed by atoms with Crippen LogP contribution in [0.5, 0.6) is 0 Å². The lowest BCUT2D eigenvalue weighted by atomic mass is 9.84. The smallest absolute Gasteiger partial charge is 0.223 e. The Morgan fingerprint density at radius 2 is 1.76 bits per heavy atom. The van der Waals surface area contributed by atoms with Crippen LogP contribution in [0.2, 0.25) is 0 Å². The van der Waals surface area contributed by atoms with E-state index in [1.54, 1.807) is 0 Å². The Balaban J connectivity index is 1.47. The van der Waals surface area contributed by atoms with Gasteiger partial charge in [-0.2, -0.15) is 0 Å². The molecule has 0 aliphatic carbocycles. The molecule has 2 amide bonds. The van der Waals surface area contributed by atoms with Crippen LogP contribution in [0.15, 0.2) is 54.6 Å². The Labute approximate surface area is 198 Å². The highest BCUT2D eigenvalue weighted by Gasteiger charge is 2.50. The van der Waals surface area contributed by atoms with Crippen molar-refractivity contribution in [2.24, 2.45) is 0 Å². The molecule has 5 heteroatoms. The first-order chi connectivity index (χ1) is 15.9. The lowest BCUT2D eigenvalue weighted by Crippen LogP contribution is -2.58. The standard InChI is InChI=1S/C28H37N3O2/c1-28-19-20-30(26(32)18-15-22-13-16-24(17-14-22)29(2)3)25(28)11-7-8-12-27(33)31(28)21-23-9-5-4-6-10-23/h4-6,9-10,13-14,16-17,25H,7-8,11-12,15,18-21H2,1-3H3/t25-,28-/m1/s1. The Morgan fingerprint density at radius 1 is 1.03 bits per heavy atom. The summed E-state index contributed by atoms with van der Waals surface area (Å²) in [5.74, 6) is 0.439. The second kappa shape index (κ2) is 9.98. The summed E-state index contributed by atoms with van der Waals surface area (Å²) in [6.45, 7) is 3.56. The number of amides is 2. The highest BCUT2D eigenvalue weighted by Crippen LogP contribution is 2.40. The van der Waals surface area contributed by atoms with Crippen LogP contribution in [-0.4, -0.2) is 53.8 Å². The van der Waals surface area contributed by atoms with Gasteiger partial charge < -0.3 is 14.7 Å². The Hall–Kier alpha value is -2.82. The summed E-state index contributed by atoms with van der Waals surface area (Å²) in [4.78, 5) is 32.8. The average Bonchev–Trinajstić information content (AvgIpc) is 3.15. The molecule has 0 aromatic heterocycles. The van der Waals surface area contributed by atoms with Crippen LogP contribution in [0.3, 0.4) is 0 Å². The van der Waals surface area contributed by atoms with Crippen LogP contribution in [0, 0.1) is 0 Å². The van der Waals surface area contributed by atoms with Gasteiger partial charge in [-0.3, -0.25) is 9.59 Å². The third kappa shape index (κ3) is 5.07. The van der Waals surface area contributed by atoms with Crippen LogP contribution >= 0.6 is 0 Å². The van der Waals surface area contributed by atoms with Crippen molar-refractivity contribution in [2.75, 3.05) is 25.5 Å². The second-order valence-corrected chi connectivity index (χ2v) is 9.98. The number of rotatable bonds is 6. The topological polar surface area (TPSA) is 43.9 Å². The molecule has 2 atom stereocenters. The van der Waals surface area contributed by atoms with Gasteiger partial charge in [-0.1, -0.05) is 48.9 Å². The van der Waals surface area contributed by atoms with Gasteiger partial charge in [-0.25, -0.2) is 0 Å². The molecule has 0 spiro atoms. The van der Waals surface area contributed by atoms with Gasteiger partial charge in [0.2, 0.25) is 11.8 Å². The number of hydrogen-bond acceptors (Lipinski definition) is 3. The Kier molecular flexibility index (Phi) is 7.06. The highest BCUT2D eigenvalue weighted by molar-refractivity contribution is 5.80. The summed E-state index contributed by atoms with van der Waals surface area (Å²) in [5.41, 5.74) is 3.20. The van der Waals surface area contributed by atoms with Crippen molar-refractivity contribution in [1.29, 1.82) is 0 Å². The molecule has 176 valence electrons. The monoisotopic (exact) mass is 447 g/mol. The van der Waals surface area contributed by atoms with Crippen molar-refractivity contribution in [3.05, 3.63) is 65.7 Å². The van der Waals surface area contributed by atoms with Crippen molar-refractivity contribution in [2.45, 2.75) is 70.0 Å². The van der Waals surface area contributed by atoms with E-state index in [0.717, 1.165) is 49.9 Å². The third-order valence-electron chi connectivity index (χ3n) is 7.57. The van der Waals surface area contributed by atoms with E-state index in [9.17, 15) is 9.59 Å². The van der Waals surface area contributed by atoms with Crippen LogP contribution in [0.25, 0.3) is 0 Å². The van der Waals surface area contributed by atoms with Crippen molar-refractivity contribution >= 4 is 17.5 Å². The Bertz CT molecular complexity index is 957. The molecule has 2 aliphatic heterocycles. The predicted molar refractivity (Wildman–Crippen MR) is 133 cm³/mol. The highest BCUT2D eigenvalue weighted by atomic mass is 16.2. The summed E-state index contributed by atoms with van der Waals surface area (Å²) in [6.07, 6.45) is 5.58. The molecule has 5 nitrogen and oxygen atoms in total. The molecular weight excluding hydrogens is 410 g/mol. The maximum Gasteiger partial charge on any atom is 0.223 e. The molecule has 0 bridgehead atoms. The van der Waals surface area contributed by atoms with E-state index in [1.807, 2.05) is 32.3 Å². The van der Waals surface area contributed by atoms with Crippen molar-refractivity contribution in [1.82, 2.24) is 9.80 Å². The van der Waals surface area contributed by atoms with Crippen molar-refractivity contribution in [3.63, 3.8) is 0 Å². The Morgan fingerprint density at radius 3 is 2.45 bits per heavy atom. The van der Waals surface area contributed by atoms with Gasteiger partial charge in [0.25, 0.3) is 0 Å². The SMILES string of the molecule is CN(C)c1ccc(CCC(=O)N2CC[C@]3(C)[C@H]2CCCCC(=O)N3Cc2ccccc2)cc1. The fraction of sp³-hybridized carbons (Fsp3) is 0.500. The van der Waals surface area contributed by atoms with Gasteiger partial charge in [0, 0.05) is 45.7 Å². The van der Waals surface area contributed by atoms with E-state index in [1.165, 1.54) is 5.56 Å². The minimum atomic E-state index is -0.309. The molecule has 2 heterocycles. The quantitative estimate of drug-likeness (QED) is 0.648. The minimum absolute atomic E-state index is 0.0917. The molecular formula is C28H37N3O2. The molecule has 2 fully saturated rings. The predicted octanol–water partition coefficient (Wildman–Crippen LogP) is 4.65. The molecule has 0 radical (unpaired) electrons. The maximum atomic E-state index is 13.3. The number of carbonyl (C=O) groups excluding carboxylic acids is 2. The zero-order valence-corrected chi connectivity index (χ0v) is 20.3. The molecule has 2 aromatic carbocycles. The lowest BCUT2D eigenvalue weighted by molar-refractivity contribution is -0.143. The molecule has 0 N–H and O–H groups in total. The van der Waals surface area contributed by atoms with E-state index in [-0.39, 0.29) is 23.4 Å². The molecule has 4 rings (SSSR count). The largest absolute Gasteiger partial charge is 0.378 e. The number of carbonyl (C=O) groups is 2. The zero-order chi connectivity index (χ0) is 23.4. The van der Waals surface area contributed by atoms with Gasteiger partial charge in [-0.05, 0) is 55.9 Å². The zero-order valence-electron chi connectivity index (χ0n) is 20.3. The number of hydrogen-bond donors (Lipinski definition) is 0. The molecule has 33 heavy (non-hydrogen) atoms. The lowest BCUT2D eigenvalue weighted by Gasteiger charge is -2.45. The summed E-state index contributed by atoms with van der Waals surface area (Å²) >= 11 is 0. The van der Waals surface area contributed by atoms with Gasteiger partial charge in [-0.15, -0.1) is 0 Å². The van der Waals surface area contributed by atoms with E-state index >= 15 is 0 Å².